The molecule has 3 heterocycles. The van der Waals surface area contributed by atoms with Crippen molar-refractivity contribution in [2.45, 2.75) is 173 Å². The molecule has 3 aliphatic rings. The first-order valence-corrected chi connectivity index (χ1v) is 22.2. The topological polar surface area (TPSA) is 192 Å². The number of aliphatic hydroxyl groups is 3. The molecule has 4 rings (SSSR count). The van der Waals surface area contributed by atoms with Crippen molar-refractivity contribution in [3.05, 3.63) is 60.2 Å². The fraction of sp³-hybridized carbons (Fsp3) is 0.723. The number of hydrogen-bond donors (Lipinski definition) is 4. The number of esters is 2. The van der Waals surface area contributed by atoms with Gasteiger partial charge in [-0.05, 0) is 84.7 Å². The Balaban J connectivity index is 1.63. The highest BCUT2D eigenvalue weighted by atomic mass is 16.7. The largest absolute Gasteiger partial charge is 0.462 e. The number of carbonyl (C=O) groups excluding carboxylic acids is 3. The summed E-state index contributed by atoms with van der Waals surface area (Å²) >= 11 is 0. The minimum atomic E-state index is -1.48. The van der Waals surface area contributed by atoms with E-state index in [2.05, 4.69) is 5.32 Å². The maximum Gasteiger partial charge on any atom is 0.308 e. The van der Waals surface area contributed by atoms with Crippen LogP contribution in [-0.2, 0) is 54.1 Å². The van der Waals surface area contributed by atoms with E-state index in [0.29, 0.717) is 32.4 Å². The molecule has 350 valence electrons. The molecular formula is C47H74N2O13. The van der Waals surface area contributed by atoms with Gasteiger partial charge in [0.1, 0.15) is 30.0 Å². The number of allylic oxidation sites excluding steroid dienone is 3. The Morgan fingerprint density at radius 1 is 0.984 bits per heavy atom. The van der Waals surface area contributed by atoms with Crippen molar-refractivity contribution in [2.24, 2.45) is 17.8 Å². The predicted octanol–water partition coefficient (Wildman–Crippen LogP) is 4.24. The Kier molecular flexibility index (Phi) is 20.2. The third kappa shape index (κ3) is 15.0. The molecule has 2 saturated heterocycles. The summed E-state index contributed by atoms with van der Waals surface area (Å²) in [5.74, 6) is -1.96. The van der Waals surface area contributed by atoms with Gasteiger partial charge in [0.05, 0.1) is 36.9 Å². The summed E-state index contributed by atoms with van der Waals surface area (Å²) in [6.45, 7) is 13.6. The Morgan fingerprint density at radius 2 is 1.69 bits per heavy atom. The van der Waals surface area contributed by atoms with E-state index in [1.165, 1.54) is 13.2 Å². The van der Waals surface area contributed by atoms with Crippen molar-refractivity contribution < 1.29 is 62.9 Å². The number of carbonyl (C=O) groups is 3. The number of benzene rings is 1. The van der Waals surface area contributed by atoms with Gasteiger partial charge in [-0.15, -0.1) is 0 Å². The number of likely N-dealkylation sites (N-methyl/N-ethyl adjacent to an activating group) is 1. The quantitative estimate of drug-likeness (QED) is 0.153. The standard InChI is InChI=1S/C47H74N2O13/c1-28(2)23-37(52)60-45-32(6)58-39(26-47(45,7)55)61-42-31(5)59-46(41(54)40(42)49(8)9)62-43-34(21-22-48-27-33-18-14-12-15-19-33)24-29(3)35(50)20-16-11-13-17-30(4)57-38(53)25-36(51)44(43)56-10/h11-16,18-20,28-32,34,36,39-46,48,51,54-55H,17,21-27H2,1-10H3. The highest BCUT2D eigenvalue weighted by Crippen LogP contribution is 2.37. The van der Waals surface area contributed by atoms with Crippen LogP contribution in [0.1, 0.15) is 92.6 Å². The Bertz CT molecular complexity index is 1600. The third-order valence-electron chi connectivity index (χ3n) is 11.9. The first-order chi connectivity index (χ1) is 29.3. The molecule has 1 aromatic rings. The molecule has 0 aromatic heterocycles. The number of nitrogens with one attached hydrogen (secondary N) is 1. The van der Waals surface area contributed by atoms with Gasteiger partial charge in [0.25, 0.3) is 0 Å². The predicted molar refractivity (Wildman–Crippen MR) is 231 cm³/mol. The summed E-state index contributed by atoms with van der Waals surface area (Å²) in [7, 11) is 5.01. The lowest BCUT2D eigenvalue weighted by molar-refractivity contribution is -0.344. The second-order valence-corrected chi connectivity index (χ2v) is 18.2. The monoisotopic (exact) mass is 875 g/mol. The summed E-state index contributed by atoms with van der Waals surface area (Å²) in [6.07, 6.45) is -2.85. The number of hydrogen-bond acceptors (Lipinski definition) is 15. The van der Waals surface area contributed by atoms with Crippen molar-refractivity contribution in [1.29, 1.82) is 0 Å². The Labute approximate surface area is 368 Å². The SMILES string of the molecule is COC1C(O)CC(=O)OC(C)CC=CC=CC(=O)C(C)CC(CCNCc2ccccc2)C1OC1OC(C)C(OC2CC(C)(O)C(OC(=O)CC(C)C)C(C)O2)C(N(C)C)C1O. The first-order valence-electron chi connectivity index (χ1n) is 22.2. The van der Waals surface area contributed by atoms with Gasteiger partial charge in [-0.25, -0.2) is 0 Å². The molecule has 15 unspecified atom stereocenters. The van der Waals surface area contributed by atoms with Crippen molar-refractivity contribution in [1.82, 2.24) is 10.2 Å². The average molecular weight is 875 g/mol. The zero-order chi connectivity index (χ0) is 45.7. The van der Waals surface area contributed by atoms with E-state index in [4.69, 9.17) is 33.2 Å². The molecule has 1 aromatic carbocycles. The second kappa shape index (κ2) is 24.3. The zero-order valence-corrected chi connectivity index (χ0v) is 38.4. The van der Waals surface area contributed by atoms with E-state index >= 15 is 0 Å². The molecule has 0 spiro atoms. The lowest BCUT2D eigenvalue weighted by Gasteiger charge is -2.50. The molecule has 0 aliphatic carbocycles. The molecule has 3 aliphatic heterocycles. The lowest BCUT2D eigenvalue weighted by atomic mass is 9.82. The van der Waals surface area contributed by atoms with Crippen LogP contribution < -0.4 is 5.32 Å². The molecule has 4 N–H and O–H groups in total. The van der Waals surface area contributed by atoms with Gasteiger partial charge < -0.3 is 58.7 Å². The number of ether oxygens (including phenoxy) is 7. The fourth-order valence-electron chi connectivity index (χ4n) is 8.72. The molecule has 0 saturated carbocycles. The molecule has 0 radical (unpaired) electrons. The highest BCUT2D eigenvalue weighted by Gasteiger charge is 2.52. The van der Waals surface area contributed by atoms with Crippen LogP contribution in [0.15, 0.2) is 54.6 Å². The Morgan fingerprint density at radius 3 is 2.34 bits per heavy atom. The van der Waals surface area contributed by atoms with Crippen LogP contribution >= 0.6 is 0 Å². The summed E-state index contributed by atoms with van der Waals surface area (Å²) in [5.41, 5.74) is -0.384. The van der Waals surface area contributed by atoms with E-state index in [0.717, 1.165) is 5.56 Å². The lowest BCUT2D eigenvalue weighted by Crippen LogP contribution is -2.66. The van der Waals surface area contributed by atoms with Crippen LogP contribution in [0, 0.1) is 17.8 Å². The number of aliphatic hydroxyl groups excluding tert-OH is 2. The molecule has 2 fully saturated rings. The van der Waals surface area contributed by atoms with Crippen LogP contribution in [0.25, 0.3) is 0 Å². The average Bonchev–Trinajstić information content (AvgIpc) is 3.18. The minimum Gasteiger partial charge on any atom is -0.462 e. The number of rotatable bonds is 14. The van der Waals surface area contributed by atoms with E-state index in [-0.39, 0.29) is 31.0 Å². The van der Waals surface area contributed by atoms with Crippen LogP contribution in [-0.4, -0.2) is 145 Å². The van der Waals surface area contributed by atoms with E-state index in [1.807, 2.05) is 57.2 Å². The van der Waals surface area contributed by atoms with Gasteiger partial charge in [0.2, 0.25) is 0 Å². The molecule has 15 nitrogen and oxygen atoms in total. The summed E-state index contributed by atoms with van der Waals surface area (Å²) in [5, 5.41) is 38.9. The maximum absolute atomic E-state index is 13.5. The smallest absolute Gasteiger partial charge is 0.308 e. The van der Waals surface area contributed by atoms with E-state index in [1.54, 1.807) is 58.8 Å². The third-order valence-corrected chi connectivity index (χ3v) is 11.9. The minimum absolute atomic E-state index is 0.0184. The van der Waals surface area contributed by atoms with Gasteiger partial charge >= 0.3 is 11.9 Å². The number of ketones is 1. The van der Waals surface area contributed by atoms with Crippen LogP contribution in [0.2, 0.25) is 0 Å². The van der Waals surface area contributed by atoms with Gasteiger partial charge in [0, 0.05) is 38.8 Å². The molecule has 62 heavy (non-hydrogen) atoms. The fourth-order valence-corrected chi connectivity index (χ4v) is 8.72. The highest BCUT2D eigenvalue weighted by molar-refractivity contribution is 5.91. The summed E-state index contributed by atoms with van der Waals surface area (Å²) < 4.78 is 43.3. The van der Waals surface area contributed by atoms with Crippen LogP contribution in [0.3, 0.4) is 0 Å². The molecule has 0 bridgehead atoms. The van der Waals surface area contributed by atoms with Crippen LogP contribution in [0.5, 0.6) is 0 Å². The van der Waals surface area contributed by atoms with Crippen molar-refractivity contribution in [3.8, 4) is 0 Å². The van der Waals surface area contributed by atoms with E-state index in [9.17, 15) is 29.7 Å². The van der Waals surface area contributed by atoms with Gasteiger partial charge in [-0.2, -0.15) is 0 Å². The second-order valence-electron chi connectivity index (χ2n) is 18.2. The number of methoxy groups -OCH3 is 1. The Hall–Kier alpha value is -3.09. The maximum atomic E-state index is 13.5. The van der Waals surface area contributed by atoms with Crippen molar-refractivity contribution >= 4 is 17.7 Å². The van der Waals surface area contributed by atoms with E-state index < -0.39 is 103 Å². The normalized spacial score (nSPS) is 36.8. The van der Waals surface area contributed by atoms with Gasteiger partial charge in [-0.1, -0.05) is 69.3 Å². The van der Waals surface area contributed by atoms with Gasteiger partial charge in [-0.3, -0.25) is 14.4 Å². The first kappa shape index (κ1) is 51.5. The number of cyclic esters (lactones) is 1. The molecule has 15 atom stereocenters. The molecular weight excluding hydrogens is 801 g/mol. The number of nitrogens with zero attached hydrogens (tertiary/aromatic N) is 1. The molecule has 15 heteroatoms. The van der Waals surface area contributed by atoms with Crippen molar-refractivity contribution in [3.63, 3.8) is 0 Å². The van der Waals surface area contributed by atoms with Crippen molar-refractivity contribution in [2.75, 3.05) is 27.7 Å². The summed E-state index contributed by atoms with van der Waals surface area (Å²) in [4.78, 5) is 41.0. The summed E-state index contributed by atoms with van der Waals surface area (Å²) in [6, 6.07) is 9.21. The van der Waals surface area contributed by atoms with Crippen LogP contribution in [0.4, 0.5) is 0 Å². The van der Waals surface area contributed by atoms with Gasteiger partial charge in [0.15, 0.2) is 24.5 Å². The molecule has 0 amide bonds. The zero-order valence-electron chi connectivity index (χ0n) is 38.4.